The van der Waals surface area contributed by atoms with Crippen LogP contribution in [0.5, 0.6) is 0 Å². The zero-order valence-electron chi connectivity index (χ0n) is 34.0. The molecule has 308 valence electrons. The van der Waals surface area contributed by atoms with Gasteiger partial charge in [0.2, 0.25) is 5.91 Å². The molecule has 3 atom stereocenters. The Bertz CT molecular complexity index is 1010. The van der Waals surface area contributed by atoms with E-state index in [1.54, 1.807) is 6.08 Å². The minimum Gasteiger partial charge on any atom is -0.387 e. The number of hydrogen-bond acceptors (Lipinski definition) is 6. The van der Waals surface area contributed by atoms with Crippen LogP contribution >= 0.6 is 7.82 Å². The second-order valence-electron chi connectivity index (χ2n) is 14.2. The summed E-state index contributed by atoms with van der Waals surface area (Å²) in [6, 6.07) is -0.875. The molecule has 9 heteroatoms. The minimum absolute atomic E-state index is 0.0716. The van der Waals surface area contributed by atoms with Crippen molar-refractivity contribution in [2.45, 2.75) is 193 Å². The van der Waals surface area contributed by atoms with E-state index in [-0.39, 0.29) is 25.7 Å². The number of phosphoric ester groups is 1. The quantitative estimate of drug-likeness (QED) is 0.0278. The molecule has 0 spiro atoms. The number of amides is 1. The third-order valence-electron chi connectivity index (χ3n) is 9.10. The molecule has 0 saturated heterocycles. The molecule has 0 bridgehead atoms. The van der Waals surface area contributed by atoms with Crippen LogP contribution in [0.25, 0.3) is 0 Å². The Kier molecular flexibility index (Phi) is 38.5. The molecule has 53 heavy (non-hydrogen) atoms. The Morgan fingerprint density at radius 1 is 0.642 bits per heavy atom. The molecule has 0 aliphatic carbocycles. The minimum atomic E-state index is -4.35. The average Bonchev–Trinajstić information content (AvgIpc) is 3.14. The van der Waals surface area contributed by atoms with Gasteiger partial charge >= 0.3 is 7.82 Å². The first kappa shape index (κ1) is 51.2. The van der Waals surface area contributed by atoms with E-state index < -0.39 is 20.0 Å². The molecule has 1 amide bonds. The van der Waals surface area contributed by atoms with Gasteiger partial charge in [0, 0.05) is 13.0 Å². The molecule has 0 fully saturated rings. The van der Waals surface area contributed by atoms with E-state index in [0.29, 0.717) is 6.42 Å². The summed E-state index contributed by atoms with van der Waals surface area (Å²) in [6.45, 7) is 3.99. The molecule has 3 unspecified atom stereocenters. The number of carbonyl (C=O) groups is 1. The van der Waals surface area contributed by atoms with Crippen molar-refractivity contribution in [1.82, 2.24) is 5.32 Å². The number of carbonyl (C=O) groups excluding carboxylic acids is 1. The summed E-state index contributed by atoms with van der Waals surface area (Å²) in [5.74, 6) is -0.219. The standard InChI is InChI=1S/C44H81N2O6P/c1-3-5-7-9-11-13-15-17-19-21-23-25-27-29-31-33-35-37-43(47)42(41-52-53(49,50)51-40-39-45)46-44(48)38-36-34-32-30-28-26-24-22-20-18-16-14-12-10-8-6-4-2/h6,8,12,14,18,20,24,26,35,37,42-43,47H,3-5,7,9-11,13,15-17,19,21-23,25,27-34,36,38-41,45H2,1-2H3,(H,46,48)(H,49,50)/b8-6-,14-12-,20-18-,26-24-,37-35+. The van der Waals surface area contributed by atoms with Crippen LogP contribution in [0.4, 0.5) is 0 Å². The number of phosphoric acid groups is 1. The zero-order valence-corrected chi connectivity index (χ0v) is 34.9. The van der Waals surface area contributed by atoms with Crippen molar-refractivity contribution in [2.75, 3.05) is 19.8 Å². The normalized spacial score (nSPS) is 14.7. The average molecular weight is 765 g/mol. The summed E-state index contributed by atoms with van der Waals surface area (Å²) in [5.41, 5.74) is 5.37. The highest BCUT2D eigenvalue weighted by atomic mass is 31.2. The molecule has 0 aromatic heterocycles. The van der Waals surface area contributed by atoms with Crippen molar-refractivity contribution in [1.29, 1.82) is 0 Å². The van der Waals surface area contributed by atoms with Gasteiger partial charge in [0.1, 0.15) is 0 Å². The van der Waals surface area contributed by atoms with Crippen LogP contribution in [-0.4, -0.2) is 47.8 Å². The molecule has 8 nitrogen and oxygen atoms in total. The number of rotatable bonds is 39. The third kappa shape index (κ3) is 38.3. The van der Waals surface area contributed by atoms with Crippen molar-refractivity contribution < 1.29 is 28.4 Å². The van der Waals surface area contributed by atoms with Gasteiger partial charge in [0.25, 0.3) is 0 Å². The Hall–Kier alpha value is -1.80. The SMILES string of the molecule is CC/C=C\C/C=C\C/C=C\C/C=C\CCCCCCC(=O)NC(COP(=O)(O)OCCN)C(O)/C=C/CCCCCCCCCCCCCCCCC. The number of aliphatic hydroxyl groups excluding tert-OH is 1. The second kappa shape index (κ2) is 39.9. The smallest absolute Gasteiger partial charge is 0.387 e. The molecule has 0 heterocycles. The van der Waals surface area contributed by atoms with Crippen molar-refractivity contribution >= 4 is 13.7 Å². The number of nitrogens with one attached hydrogen (secondary N) is 1. The van der Waals surface area contributed by atoms with E-state index in [0.717, 1.165) is 77.0 Å². The van der Waals surface area contributed by atoms with Crippen molar-refractivity contribution in [3.63, 3.8) is 0 Å². The molecular weight excluding hydrogens is 683 g/mol. The largest absolute Gasteiger partial charge is 0.472 e. The first-order valence-corrected chi connectivity index (χ1v) is 22.9. The fourth-order valence-corrected chi connectivity index (χ4v) is 6.65. The fourth-order valence-electron chi connectivity index (χ4n) is 5.89. The van der Waals surface area contributed by atoms with Gasteiger partial charge in [-0.1, -0.05) is 177 Å². The van der Waals surface area contributed by atoms with Gasteiger partial charge in [-0.25, -0.2) is 4.57 Å². The molecular formula is C44H81N2O6P. The number of unbranched alkanes of at least 4 members (excludes halogenated alkanes) is 19. The van der Waals surface area contributed by atoms with Gasteiger partial charge in [-0.15, -0.1) is 0 Å². The molecule has 5 N–H and O–H groups in total. The van der Waals surface area contributed by atoms with E-state index in [1.165, 1.54) is 83.5 Å². The maximum absolute atomic E-state index is 12.7. The van der Waals surface area contributed by atoms with E-state index in [1.807, 2.05) is 6.08 Å². The number of nitrogens with two attached hydrogens (primary N) is 1. The summed E-state index contributed by atoms with van der Waals surface area (Å²) in [7, 11) is -4.35. The monoisotopic (exact) mass is 765 g/mol. The summed E-state index contributed by atoms with van der Waals surface area (Å²) in [6.07, 6.45) is 49.8. The highest BCUT2D eigenvalue weighted by Gasteiger charge is 2.26. The van der Waals surface area contributed by atoms with Gasteiger partial charge in [0.05, 0.1) is 25.4 Å². The van der Waals surface area contributed by atoms with Crippen LogP contribution in [0.3, 0.4) is 0 Å². The Morgan fingerprint density at radius 3 is 1.60 bits per heavy atom. The van der Waals surface area contributed by atoms with Crippen LogP contribution in [0.2, 0.25) is 0 Å². The van der Waals surface area contributed by atoms with E-state index >= 15 is 0 Å². The van der Waals surface area contributed by atoms with Crippen LogP contribution in [0.1, 0.15) is 181 Å². The van der Waals surface area contributed by atoms with Gasteiger partial charge in [0.15, 0.2) is 0 Å². The Morgan fingerprint density at radius 2 is 1.09 bits per heavy atom. The van der Waals surface area contributed by atoms with E-state index in [4.69, 9.17) is 14.8 Å². The molecule has 0 aliphatic rings. The predicted molar refractivity (Wildman–Crippen MR) is 226 cm³/mol. The summed E-state index contributed by atoms with van der Waals surface area (Å²) in [5, 5.41) is 13.7. The van der Waals surface area contributed by atoms with Gasteiger partial charge in [-0.3, -0.25) is 13.8 Å². The van der Waals surface area contributed by atoms with Crippen LogP contribution < -0.4 is 11.1 Å². The van der Waals surface area contributed by atoms with Gasteiger partial charge < -0.3 is 21.1 Å². The number of aliphatic hydroxyl groups is 1. The first-order valence-electron chi connectivity index (χ1n) is 21.4. The number of allylic oxidation sites excluding steroid dienone is 9. The second-order valence-corrected chi connectivity index (χ2v) is 15.6. The third-order valence-corrected chi connectivity index (χ3v) is 10.1. The number of hydrogen-bond donors (Lipinski definition) is 4. The van der Waals surface area contributed by atoms with Crippen molar-refractivity contribution in [3.05, 3.63) is 60.8 Å². The molecule has 0 rings (SSSR count). The first-order chi connectivity index (χ1) is 25.9. The lowest BCUT2D eigenvalue weighted by atomic mass is 10.0. The van der Waals surface area contributed by atoms with E-state index in [9.17, 15) is 19.4 Å². The van der Waals surface area contributed by atoms with Crippen LogP contribution in [-0.2, 0) is 18.4 Å². The summed E-state index contributed by atoms with van der Waals surface area (Å²) < 4.78 is 22.1. The summed E-state index contributed by atoms with van der Waals surface area (Å²) >= 11 is 0. The van der Waals surface area contributed by atoms with Gasteiger partial charge in [-0.2, -0.15) is 0 Å². The molecule has 0 radical (unpaired) electrons. The molecule has 0 aliphatic heterocycles. The Labute approximate surface area is 325 Å². The highest BCUT2D eigenvalue weighted by molar-refractivity contribution is 7.47. The van der Waals surface area contributed by atoms with Crippen molar-refractivity contribution in [3.8, 4) is 0 Å². The highest BCUT2D eigenvalue weighted by Crippen LogP contribution is 2.43. The molecule has 0 aromatic rings. The lowest BCUT2D eigenvalue weighted by Crippen LogP contribution is -2.45. The lowest BCUT2D eigenvalue weighted by molar-refractivity contribution is -0.123. The zero-order chi connectivity index (χ0) is 38.9. The maximum atomic E-state index is 12.7. The topological polar surface area (TPSA) is 131 Å². The molecule has 0 saturated carbocycles. The van der Waals surface area contributed by atoms with E-state index in [2.05, 4.69) is 67.8 Å². The van der Waals surface area contributed by atoms with Crippen LogP contribution in [0.15, 0.2) is 60.8 Å². The lowest BCUT2D eigenvalue weighted by Gasteiger charge is -2.23. The molecule has 0 aromatic carbocycles. The van der Waals surface area contributed by atoms with Crippen molar-refractivity contribution in [2.24, 2.45) is 5.73 Å². The van der Waals surface area contributed by atoms with Gasteiger partial charge in [-0.05, 0) is 57.8 Å². The fraction of sp³-hybridized carbons (Fsp3) is 0.750. The Balaban J connectivity index is 4.30. The maximum Gasteiger partial charge on any atom is 0.472 e. The summed E-state index contributed by atoms with van der Waals surface area (Å²) in [4.78, 5) is 22.7. The predicted octanol–water partition coefficient (Wildman–Crippen LogP) is 11.9. The van der Waals surface area contributed by atoms with Crippen LogP contribution in [0, 0.1) is 0 Å².